The molecule has 1 aliphatic rings. The molecular formula is C14H16INO4. The number of benzene rings is 1. The van der Waals surface area contributed by atoms with Crippen LogP contribution in [0.1, 0.15) is 13.3 Å². The molecule has 1 fully saturated rings. The Labute approximate surface area is 131 Å². The molecule has 0 aromatic heterocycles. The Hall–Kier alpha value is -1.15. The number of hydrogen-bond acceptors (Lipinski definition) is 4. The lowest BCUT2D eigenvalue weighted by molar-refractivity contribution is -0.157. The molecular weight excluding hydrogens is 373 g/mol. The van der Waals surface area contributed by atoms with Gasteiger partial charge in [0.2, 0.25) is 0 Å². The van der Waals surface area contributed by atoms with Gasteiger partial charge in [-0.1, -0.05) is 0 Å². The lowest BCUT2D eigenvalue weighted by Crippen LogP contribution is -2.32. The zero-order valence-corrected chi connectivity index (χ0v) is 13.3. The number of carbonyl (C=O) groups is 2. The number of rotatable bonds is 4. The van der Waals surface area contributed by atoms with Gasteiger partial charge >= 0.3 is 5.97 Å². The average molecular weight is 389 g/mol. The number of nitrogens with one attached hydrogen (secondary N) is 1. The van der Waals surface area contributed by atoms with E-state index in [-0.39, 0.29) is 17.8 Å². The normalized spacial score (nSPS) is 19.4. The van der Waals surface area contributed by atoms with E-state index in [9.17, 15) is 9.59 Å². The highest BCUT2D eigenvalue weighted by Crippen LogP contribution is 2.16. The summed E-state index contributed by atoms with van der Waals surface area (Å²) in [6.07, 6.45) is -0.160. The smallest absolute Gasteiger partial charge is 0.312 e. The second-order valence-electron chi connectivity index (χ2n) is 4.64. The summed E-state index contributed by atoms with van der Waals surface area (Å²) in [6, 6.07) is 7.39. The quantitative estimate of drug-likeness (QED) is 0.634. The Balaban J connectivity index is 1.85. The number of amides is 1. The van der Waals surface area contributed by atoms with Gasteiger partial charge in [-0.2, -0.15) is 0 Å². The molecule has 1 aromatic carbocycles. The summed E-state index contributed by atoms with van der Waals surface area (Å²) in [5, 5.41) is 2.71. The molecule has 0 saturated carbocycles. The Morgan fingerprint density at radius 2 is 2.10 bits per heavy atom. The summed E-state index contributed by atoms with van der Waals surface area (Å²) in [5.74, 6) is -0.949. The first-order valence-electron chi connectivity index (χ1n) is 6.41. The third-order valence-corrected chi connectivity index (χ3v) is 3.76. The molecule has 1 saturated heterocycles. The zero-order valence-electron chi connectivity index (χ0n) is 11.1. The molecule has 1 heterocycles. The van der Waals surface area contributed by atoms with E-state index < -0.39 is 6.10 Å². The first kappa shape index (κ1) is 15.2. The van der Waals surface area contributed by atoms with Gasteiger partial charge in [-0.3, -0.25) is 9.59 Å². The summed E-state index contributed by atoms with van der Waals surface area (Å²) < 4.78 is 11.4. The van der Waals surface area contributed by atoms with Crippen LogP contribution in [0.15, 0.2) is 24.3 Å². The summed E-state index contributed by atoms with van der Waals surface area (Å²) in [5.41, 5.74) is 0.683. The number of anilines is 1. The van der Waals surface area contributed by atoms with Gasteiger partial charge < -0.3 is 14.8 Å². The fourth-order valence-corrected chi connectivity index (χ4v) is 2.18. The predicted octanol–water partition coefficient (Wildman–Crippen LogP) is 2.20. The van der Waals surface area contributed by atoms with Crippen molar-refractivity contribution >= 4 is 40.2 Å². The lowest BCUT2D eigenvalue weighted by Gasteiger charge is -2.15. The fourth-order valence-electron chi connectivity index (χ4n) is 1.82. The van der Waals surface area contributed by atoms with Crippen LogP contribution in [-0.2, 0) is 19.1 Å². The zero-order chi connectivity index (χ0) is 14.5. The standard InChI is InChI=1S/C14H16INO4/c1-9(20-14(18)10-6-7-19-8-10)13(17)16-12-4-2-11(15)3-5-12/h2-5,9-10H,6-8H2,1H3,(H,16,17)/t9-,10-/m1/s1. The Morgan fingerprint density at radius 1 is 1.40 bits per heavy atom. The molecule has 0 spiro atoms. The van der Waals surface area contributed by atoms with Gasteiger partial charge in [0.1, 0.15) is 0 Å². The Kier molecular flexibility index (Phi) is 5.36. The van der Waals surface area contributed by atoms with E-state index in [1.165, 1.54) is 0 Å². The number of hydrogen-bond donors (Lipinski definition) is 1. The van der Waals surface area contributed by atoms with Crippen LogP contribution in [0.25, 0.3) is 0 Å². The fraction of sp³-hybridized carbons (Fsp3) is 0.429. The summed E-state index contributed by atoms with van der Waals surface area (Å²) in [4.78, 5) is 23.7. The van der Waals surface area contributed by atoms with Gasteiger partial charge in [-0.05, 0) is 60.2 Å². The third-order valence-electron chi connectivity index (χ3n) is 3.04. The number of halogens is 1. The number of carbonyl (C=O) groups excluding carboxylic acids is 2. The average Bonchev–Trinajstić information content (AvgIpc) is 2.95. The van der Waals surface area contributed by atoms with Gasteiger partial charge in [-0.15, -0.1) is 0 Å². The van der Waals surface area contributed by atoms with Crippen LogP contribution in [0.4, 0.5) is 5.69 Å². The maximum atomic E-state index is 11.9. The van der Waals surface area contributed by atoms with Crippen molar-refractivity contribution in [2.75, 3.05) is 18.5 Å². The maximum absolute atomic E-state index is 11.9. The topological polar surface area (TPSA) is 64.6 Å². The molecule has 1 aliphatic heterocycles. The molecule has 20 heavy (non-hydrogen) atoms. The molecule has 0 bridgehead atoms. The first-order valence-corrected chi connectivity index (χ1v) is 7.49. The van der Waals surface area contributed by atoms with Crippen molar-refractivity contribution in [2.24, 2.45) is 5.92 Å². The highest BCUT2D eigenvalue weighted by molar-refractivity contribution is 14.1. The van der Waals surface area contributed by atoms with E-state index >= 15 is 0 Å². The molecule has 0 aliphatic carbocycles. The molecule has 2 rings (SSSR count). The Bertz CT molecular complexity index is 482. The molecule has 6 heteroatoms. The van der Waals surface area contributed by atoms with E-state index in [0.29, 0.717) is 25.3 Å². The first-order chi connectivity index (χ1) is 9.56. The molecule has 1 N–H and O–H groups in total. The molecule has 1 amide bonds. The van der Waals surface area contributed by atoms with Crippen LogP contribution in [0.3, 0.4) is 0 Å². The second-order valence-corrected chi connectivity index (χ2v) is 5.88. The molecule has 1 aromatic rings. The van der Waals surface area contributed by atoms with Crippen LogP contribution in [-0.4, -0.2) is 31.2 Å². The van der Waals surface area contributed by atoms with Crippen LogP contribution in [0, 0.1) is 9.49 Å². The summed E-state index contributed by atoms with van der Waals surface area (Å²) in [6.45, 7) is 2.52. The van der Waals surface area contributed by atoms with E-state index in [1.54, 1.807) is 19.1 Å². The van der Waals surface area contributed by atoms with E-state index in [2.05, 4.69) is 27.9 Å². The number of ether oxygens (including phenoxy) is 2. The molecule has 5 nitrogen and oxygen atoms in total. The number of esters is 1. The van der Waals surface area contributed by atoms with Gasteiger partial charge in [-0.25, -0.2) is 0 Å². The predicted molar refractivity (Wildman–Crippen MR) is 82.3 cm³/mol. The van der Waals surface area contributed by atoms with Gasteiger partial charge in [0.15, 0.2) is 6.10 Å². The van der Waals surface area contributed by atoms with Crippen LogP contribution in [0.5, 0.6) is 0 Å². The highest BCUT2D eigenvalue weighted by atomic mass is 127. The minimum Gasteiger partial charge on any atom is -0.452 e. The molecule has 0 unspecified atom stereocenters. The lowest BCUT2D eigenvalue weighted by atomic mass is 10.1. The van der Waals surface area contributed by atoms with Crippen LogP contribution in [0.2, 0.25) is 0 Å². The van der Waals surface area contributed by atoms with E-state index in [0.717, 1.165) is 3.57 Å². The summed E-state index contributed by atoms with van der Waals surface area (Å²) in [7, 11) is 0. The SMILES string of the molecule is C[C@@H](OC(=O)[C@@H]1CCOC1)C(=O)Nc1ccc(I)cc1. The van der Waals surface area contributed by atoms with Gasteiger partial charge in [0.25, 0.3) is 5.91 Å². The minimum atomic E-state index is -0.817. The van der Waals surface area contributed by atoms with Gasteiger partial charge in [0.05, 0.1) is 12.5 Å². The maximum Gasteiger partial charge on any atom is 0.312 e. The monoisotopic (exact) mass is 389 g/mol. The van der Waals surface area contributed by atoms with E-state index in [1.807, 2.05) is 12.1 Å². The van der Waals surface area contributed by atoms with Crippen molar-refractivity contribution < 1.29 is 19.1 Å². The molecule has 108 valence electrons. The highest BCUT2D eigenvalue weighted by Gasteiger charge is 2.28. The third kappa shape index (κ3) is 4.17. The minimum absolute atomic E-state index is 0.247. The van der Waals surface area contributed by atoms with E-state index in [4.69, 9.17) is 9.47 Å². The van der Waals surface area contributed by atoms with Crippen LogP contribution >= 0.6 is 22.6 Å². The summed E-state index contributed by atoms with van der Waals surface area (Å²) >= 11 is 2.19. The van der Waals surface area contributed by atoms with Crippen molar-refractivity contribution in [3.05, 3.63) is 27.8 Å². The van der Waals surface area contributed by atoms with Crippen molar-refractivity contribution in [3.8, 4) is 0 Å². The van der Waals surface area contributed by atoms with Gasteiger partial charge in [0, 0.05) is 15.9 Å². The van der Waals surface area contributed by atoms with Crippen molar-refractivity contribution in [1.29, 1.82) is 0 Å². The van der Waals surface area contributed by atoms with Crippen LogP contribution < -0.4 is 5.32 Å². The second kappa shape index (κ2) is 7.03. The largest absolute Gasteiger partial charge is 0.452 e. The molecule has 0 radical (unpaired) electrons. The Morgan fingerprint density at radius 3 is 2.70 bits per heavy atom. The molecule has 2 atom stereocenters. The van der Waals surface area contributed by atoms with Crippen molar-refractivity contribution in [2.45, 2.75) is 19.4 Å². The van der Waals surface area contributed by atoms with Crippen molar-refractivity contribution in [3.63, 3.8) is 0 Å². The van der Waals surface area contributed by atoms with Crippen molar-refractivity contribution in [1.82, 2.24) is 0 Å².